The Morgan fingerprint density at radius 2 is 1.92 bits per heavy atom. The predicted octanol–water partition coefficient (Wildman–Crippen LogP) is 2.72. The number of methoxy groups -OCH3 is 1. The normalized spacial score (nSPS) is 21.4. The molecule has 10 heteroatoms. The summed E-state index contributed by atoms with van der Waals surface area (Å²) in [4.78, 5) is 25.4. The highest BCUT2D eigenvalue weighted by molar-refractivity contribution is 5.90. The quantitative estimate of drug-likeness (QED) is 0.575. The number of anilines is 1. The summed E-state index contributed by atoms with van der Waals surface area (Å²) in [5, 5.41) is 11.6. The monoisotopic (exact) mass is 492 g/mol. The van der Waals surface area contributed by atoms with Crippen molar-refractivity contribution in [3.8, 4) is 17.4 Å². The highest BCUT2D eigenvalue weighted by atomic mass is 16.6. The zero-order valence-electron chi connectivity index (χ0n) is 20.1. The molecule has 3 aliphatic heterocycles. The highest BCUT2D eigenvalue weighted by Crippen LogP contribution is 2.38. The van der Waals surface area contributed by atoms with Gasteiger partial charge in [0.05, 0.1) is 36.0 Å². The first kappa shape index (κ1) is 22.8. The van der Waals surface area contributed by atoms with Crippen molar-refractivity contribution in [1.82, 2.24) is 14.9 Å². The molecule has 5 heterocycles. The zero-order chi connectivity index (χ0) is 24.7. The largest absolute Gasteiger partial charge is 0.486 e. The summed E-state index contributed by atoms with van der Waals surface area (Å²) in [5.74, 6) is 1.81. The number of hydrogen-bond acceptors (Lipinski definition) is 9. The number of benzene rings is 1. The van der Waals surface area contributed by atoms with Gasteiger partial charge in [-0.25, -0.2) is 9.78 Å². The summed E-state index contributed by atoms with van der Waals surface area (Å²) in [6, 6.07) is 11.0. The van der Waals surface area contributed by atoms with Crippen LogP contribution >= 0.6 is 0 Å². The molecule has 1 amide bonds. The summed E-state index contributed by atoms with van der Waals surface area (Å²) in [7, 11) is 1.57. The standard InChI is InChI=1S/C26H28N4O6/c1-33-23-5-3-20-24(28-23)19(6-9-27-20)26(32)7-10-29(11-8-26)15-18-16-30(25(31)36-18)17-2-4-21-22(14-17)35-13-12-34-21/h2-6,9,14,18,32H,7-8,10-13,15-16H2,1H3/t18-/m1/s1. The fourth-order valence-electron chi connectivity index (χ4n) is 5.19. The summed E-state index contributed by atoms with van der Waals surface area (Å²) in [6.07, 6.45) is 2.16. The Morgan fingerprint density at radius 3 is 2.72 bits per heavy atom. The second-order valence-electron chi connectivity index (χ2n) is 9.36. The smallest absolute Gasteiger partial charge is 0.414 e. The molecule has 0 radical (unpaired) electrons. The SMILES string of the molecule is COc1ccc2nccc(C3(O)CCN(C[C@@H]4CN(c5ccc6c(c5)OCCO6)C(=O)O4)CC3)c2n1. The van der Waals surface area contributed by atoms with E-state index in [0.29, 0.717) is 75.1 Å². The van der Waals surface area contributed by atoms with E-state index in [2.05, 4.69) is 14.9 Å². The summed E-state index contributed by atoms with van der Waals surface area (Å²) in [5.41, 5.74) is 1.87. The molecule has 188 valence electrons. The number of aliphatic hydroxyl groups is 1. The molecule has 3 aliphatic rings. The van der Waals surface area contributed by atoms with Crippen LogP contribution in [-0.4, -0.2) is 78.7 Å². The summed E-state index contributed by atoms with van der Waals surface area (Å²) < 4.78 is 22.2. The first-order valence-electron chi connectivity index (χ1n) is 12.2. The van der Waals surface area contributed by atoms with Crippen LogP contribution in [0.3, 0.4) is 0 Å². The predicted molar refractivity (Wildman–Crippen MR) is 131 cm³/mol. The van der Waals surface area contributed by atoms with Gasteiger partial charge in [0, 0.05) is 43.5 Å². The molecule has 1 aromatic carbocycles. The van der Waals surface area contributed by atoms with Crippen molar-refractivity contribution in [3.63, 3.8) is 0 Å². The zero-order valence-corrected chi connectivity index (χ0v) is 20.1. The molecule has 2 saturated heterocycles. The molecular weight excluding hydrogens is 464 g/mol. The van der Waals surface area contributed by atoms with Gasteiger partial charge < -0.3 is 24.1 Å². The maximum absolute atomic E-state index is 12.6. The number of cyclic esters (lactones) is 1. The van der Waals surface area contributed by atoms with Gasteiger partial charge in [-0.15, -0.1) is 0 Å². The number of hydrogen-bond donors (Lipinski definition) is 1. The molecule has 0 saturated carbocycles. The Kier molecular flexibility index (Phi) is 5.77. The highest BCUT2D eigenvalue weighted by Gasteiger charge is 2.39. The van der Waals surface area contributed by atoms with Crippen LogP contribution < -0.4 is 19.1 Å². The van der Waals surface area contributed by atoms with E-state index in [-0.39, 0.29) is 12.2 Å². The second-order valence-corrected chi connectivity index (χ2v) is 9.36. The summed E-state index contributed by atoms with van der Waals surface area (Å²) >= 11 is 0. The van der Waals surface area contributed by atoms with E-state index < -0.39 is 5.60 Å². The van der Waals surface area contributed by atoms with Gasteiger partial charge in [-0.2, -0.15) is 0 Å². The Bertz CT molecular complexity index is 1290. The molecule has 1 atom stereocenters. The van der Waals surface area contributed by atoms with Gasteiger partial charge in [0.15, 0.2) is 11.5 Å². The summed E-state index contributed by atoms with van der Waals surface area (Å²) in [6.45, 7) is 3.41. The van der Waals surface area contributed by atoms with Crippen molar-refractivity contribution < 1.29 is 28.8 Å². The lowest BCUT2D eigenvalue weighted by molar-refractivity contribution is -0.0315. The fraction of sp³-hybridized carbons (Fsp3) is 0.423. The van der Waals surface area contributed by atoms with Gasteiger partial charge >= 0.3 is 6.09 Å². The van der Waals surface area contributed by atoms with Crippen LogP contribution in [0.2, 0.25) is 0 Å². The number of fused-ring (bicyclic) bond motifs is 2. The molecular formula is C26H28N4O6. The van der Waals surface area contributed by atoms with Crippen molar-refractivity contribution in [1.29, 1.82) is 0 Å². The average molecular weight is 493 g/mol. The molecule has 10 nitrogen and oxygen atoms in total. The molecule has 3 aromatic rings. The van der Waals surface area contributed by atoms with Crippen molar-refractivity contribution >= 4 is 22.8 Å². The number of likely N-dealkylation sites (tertiary alicyclic amines) is 1. The number of carbonyl (C=O) groups excluding carboxylic acids is 1. The molecule has 6 rings (SSSR count). The Labute approximate surface area is 208 Å². The number of ether oxygens (including phenoxy) is 4. The van der Waals surface area contributed by atoms with Crippen LogP contribution in [0, 0.1) is 0 Å². The maximum Gasteiger partial charge on any atom is 0.414 e. The number of carbonyl (C=O) groups is 1. The first-order chi connectivity index (χ1) is 17.5. The van der Waals surface area contributed by atoms with E-state index in [4.69, 9.17) is 18.9 Å². The number of nitrogens with zero attached hydrogens (tertiary/aromatic N) is 4. The van der Waals surface area contributed by atoms with E-state index in [0.717, 1.165) is 16.8 Å². The van der Waals surface area contributed by atoms with Crippen LogP contribution in [0.5, 0.6) is 17.4 Å². The van der Waals surface area contributed by atoms with Crippen LogP contribution in [0.4, 0.5) is 10.5 Å². The Morgan fingerprint density at radius 1 is 1.11 bits per heavy atom. The molecule has 0 aliphatic carbocycles. The minimum atomic E-state index is -1.01. The molecule has 0 bridgehead atoms. The van der Waals surface area contributed by atoms with Crippen LogP contribution in [0.25, 0.3) is 11.0 Å². The fourth-order valence-corrected chi connectivity index (χ4v) is 5.19. The number of piperidine rings is 1. The van der Waals surface area contributed by atoms with Crippen molar-refractivity contribution in [2.75, 3.05) is 51.4 Å². The minimum absolute atomic E-state index is 0.260. The first-order valence-corrected chi connectivity index (χ1v) is 12.2. The minimum Gasteiger partial charge on any atom is -0.486 e. The van der Waals surface area contributed by atoms with Gasteiger partial charge in [-0.05, 0) is 37.1 Å². The lowest BCUT2D eigenvalue weighted by Gasteiger charge is -2.39. The molecule has 2 fully saturated rings. The second kappa shape index (κ2) is 9.11. The molecule has 1 N–H and O–H groups in total. The number of rotatable bonds is 5. The lowest BCUT2D eigenvalue weighted by atomic mass is 9.84. The topological polar surface area (TPSA) is 106 Å². The Hall–Kier alpha value is -3.63. The van der Waals surface area contributed by atoms with E-state index in [1.165, 1.54) is 0 Å². The van der Waals surface area contributed by atoms with E-state index >= 15 is 0 Å². The third-order valence-electron chi connectivity index (χ3n) is 7.13. The molecule has 0 unspecified atom stereocenters. The van der Waals surface area contributed by atoms with E-state index in [1.807, 2.05) is 30.3 Å². The molecule has 2 aromatic heterocycles. The van der Waals surface area contributed by atoms with Gasteiger partial charge in [0.2, 0.25) is 5.88 Å². The van der Waals surface area contributed by atoms with Crippen LogP contribution in [0.15, 0.2) is 42.6 Å². The number of pyridine rings is 2. The van der Waals surface area contributed by atoms with Crippen molar-refractivity contribution in [2.24, 2.45) is 0 Å². The molecule has 0 spiro atoms. The average Bonchev–Trinajstić information content (AvgIpc) is 3.28. The van der Waals surface area contributed by atoms with E-state index in [9.17, 15) is 9.90 Å². The van der Waals surface area contributed by atoms with Gasteiger partial charge in [-0.1, -0.05) is 0 Å². The maximum atomic E-state index is 12.6. The Balaban J connectivity index is 1.11. The van der Waals surface area contributed by atoms with Gasteiger partial charge in [0.25, 0.3) is 0 Å². The third kappa shape index (κ3) is 4.16. The van der Waals surface area contributed by atoms with E-state index in [1.54, 1.807) is 24.3 Å². The van der Waals surface area contributed by atoms with Crippen molar-refractivity contribution in [3.05, 3.63) is 48.2 Å². The van der Waals surface area contributed by atoms with Gasteiger partial charge in [0.1, 0.15) is 19.3 Å². The number of amides is 1. The van der Waals surface area contributed by atoms with Crippen LogP contribution in [0.1, 0.15) is 18.4 Å². The third-order valence-corrected chi connectivity index (χ3v) is 7.13. The molecule has 36 heavy (non-hydrogen) atoms. The number of aromatic nitrogens is 2. The van der Waals surface area contributed by atoms with Crippen LogP contribution in [-0.2, 0) is 10.3 Å². The van der Waals surface area contributed by atoms with Crippen molar-refractivity contribution in [2.45, 2.75) is 24.5 Å². The van der Waals surface area contributed by atoms with Gasteiger partial charge in [-0.3, -0.25) is 14.8 Å². The lowest BCUT2D eigenvalue weighted by Crippen LogP contribution is -2.45.